The minimum atomic E-state index is -0.148. The molecule has 0 spiro atoms. The van der Waals surface area contributed by atoms with Gasteiger partial charge < -0.3 is 5.32 Å². The second-order valence-electron chi connectivity index (χ2n) is 4.27. The monoisotopic (exact) mass is 250 g/mol. The number of aryl methyl sites for hydroxylation is 1. The molecule has 0 bridgehead atoms. The van der Waals surface area contributed by atoms with Crippen molar-refractivity contribution >= 4 is 22.5 Å². The normalized spacial score (nSPS) is 10.6. The summed E-state index contributed by atoms with van der Waals surface area (Å²) in [6, 6.07) is 16.0. The molecule has 3 aromatic rings. The van der Waals surface area contributed by atoms with Crippen LogP contribution in [-0.4, -0.2) is 9.97 Å². The van der Waals surface area contributed by atoms with Crippen LogP contribution in [0, 0.1) is 13.0 Å². The zero-order valence-corrected chi connectivity index (χ0v) is 10.4. The smallest absolute Gasteiger partial charge is 0.260 e. The van der Waals surface area contributed by atoms with E-state index in [0.29, 0.717) is 16.9 Å². The molecule has 2 N–H and O–H groups in total. The van der Waals surface area contributed by atoms with E-state index in [1.54, 1.807) is 6.07 Å². The van der Waals surface area contributed by atoms with Gasteiger partial charge in [0.2, 0.25) is 5.95 Å². The molecule has 0 aliphatic rings. The molecule has 1 radical (unpaired) electrons. The van der Waals surface area contributed by atoms with Gasteiger partial charge in [-0.05, 0) is 36.8 Å². The molecule has 0 saturated heterocycles. The predicted molar refractivity (Wildman–Crippen MR) is 75.7 cm³/mol. The van der Waals surface area contributed by atoms with Crippen molar-refractivity contribution in [3.63, 3.8) is 0 Å². The predicted octanol–water partition coefficient (Wildman–Crippen LogP) is 2.78. The van der Waals surface area contributed by atoms with Crippen LogP contribution in [0.5, 0.6) is 0 Å². The zero-order chi connectivity index (χ0) is 13.2. The van der Waals surface area contributed by atoms with Crippen LogP contribution in [-0.2, 0) is 0 Å². The Morgan fingerprint density at radius 2 is 2.05 bits per heavy atom. The fraction of sp³-hybridized carbons (Fsp3) is 0.0667. The largest absolute Gasteiger partial charge is 0.325 e. The Hall–Kier alpha value is -2.62. The van der Waals surface area contributed by atoms with Crippen LogP contribution in [0.3, 0.4) is 0 Å². The summed E-state index contributed by atoms with van der Waals surface area (Å²) >= 11 is 0. The van der Waals surface area contributed by atoms with Crippen LogP contribution in [0.25, 0.3) is 10.9 Å². The number of benzene rings is 2. The maximum absolute atomic E-state index is 11.9. The van der Waals surface area contributed by atoms with Crippen molar-refractivity contribution in [2.45, 2.75) is 6.92 Å². The van der Waals surface area contributed by atoms with Crippen molar-refractivity contribution in [2.24, 2.45) is 0 Å². The topological polar surface area (TPSA) is 57.8 Å². The van der Waals surface area contributed by atoms with Gasteiger partial charge in [-0.1, -0.05) is 24.3 Å². The lowest BCUT2D eigenvalue weighted by atomic mass is 10.2. The number of nitrogens with one attached hydrogen (secondary N) is 2. The molecule has 3 rings (SSSR count). The maximum Gasteiger partial charge on any atom is 0.260 e. The van der Waals surface area contributed by atoms with Gasteiger partial charge in [0.15, 0.2) is 0 Å². The molecule has 0 aliphatic heterocycles. The third-order valence-electron chi connectivity index (χ3n) is 2.93. The summed E-state index contributed by atoms with van der Waals surface area (Å²) in [5.41, 5.74) is 2.37. The molecular formula is C15H12N3O. The van der Waals surface area contributed by atoms with Gasteiger partial charge in [0.05, 0.1) is 10.9 Å². The van der Waals surface area contributed by atoms with Crippen LogP contribution < -0.4 is 10.9 Å². The third-order valence-corrected chi connectivity index (χ3v) is 2.93. The van der Waals surface area contributed by atoms with E-state index in [-0.39, 0.29) is 5.56 Å². The van der Waals surface area contributed by atoms with Crippen LogP contribution in [0.4, 0.5) is 11.6 Å². The maximum atomic E-state index is 11.9. The molecule has 0 atom stereocenters. The molecule has 0 unspecified atom stereocenters. The molecule has 1 heterocycles. The Bertz CT molecular complexity index is 792. The molecule has 19 heavy (non-hydrogen) atoms. The summed E-state index contributed by atoms with van der Waals surface area (Å²) in [6.45, 7) is 1.95. The number of hydrogen-bond acceptors (Lipinski definition) is 3. The van der Waals surface area contributed by atoms with Gasteiger partial charge in [-0.2, -0.15) is 0 Å². The summed E-state index contributed by atoms with van der Waals surface area (Å²) < 4.78 is 0. The standard InChI is InChI=1S/C15H12N3O/c1-10-6-2-4-8-12(10)16-15-17-13-9-5-3-7-11(13)14(19)18-15/h2-5,7-9H,1H3,(H2,16,17,18,19). The number of para-hydroxylation sites is 1. The van der Waals surface area contributed by atoms with Crippen molar-refractivity contribution in [1.29, 1.82) is 0 Å². The summed E-state index contributed by atoms with van der Waals surface area (Å²) in [4.78, 5) is 19.1. The fourth-order valence-corrected chi connectivity index (χ4v) is 1.93. The second kappa shape index (κ2) is 4.57. The number of nitrogens with zero attached hydrogens (tertiary/aromatic N) is 1. The van der Waals surface area contributed by atoms with Gasteiger partial charge in [0, 0.05) is 5.69 Å². The number of rotatable bonds is 2. The Labute approximate surface area is 110 Å². The highest BCUT2D eigenvalue weighted by Crippen LogP contribution is 2.17. The summed E-state index contributed by atoms with van der Waals surface area (Å²) in [5, 5.41) is 3.69. The average molecular weight is 250 g/mol. The first kappa shape index (κ1) is 11.5. The molecule has 0 fully saturated rings. The molecule has 4 nitrogen and oxygen atoms in total. The minimum Gasteiger partial charge on any atom is -0.325 e. The van der Waals surface area contributed by atoms with E-state index in [1.807, 2.05) is 43.3 Å². The van der Waals surface area contributed by atoms with E-state index in [1.165, 1.54) is 0 Å². The van der Waals surface area contributed by atoms with E-state index in [0.717, 1.165) is 11.3 Å². The van der Waals surface area contributed by atoms with Gasteiger partial charge in [-0.25, -0.2) is 4.98 Å². The van der Waals surface area contributed by atoms with E-state index in [4.69, 9.17) is 0 Å². The number of fused-ring (bicyclic) bond motifs is 1. The van der Waals surface area contributed by atoms with Crippen molar-refractivity contribution in [3.8, 4) is 0 Å². The summed E-state index contributed by atoms with van der Waals surface area (Å²) in [7, 11) is 0. The van der Waals surface area contributed by atoms with E-state index in [9.17, 15) is 4.79 Å². The average Bonchev–Trinajstić information content (AvgIpc) is 2.42. The van der Waals surface area contributed by atoms with E-state index in [2.05, 4.69) is 21.4 Å². The third kappa shape index (κ3) is 2.20. The summed E-state index contributed by atoms with van der Waals surface area (Å²) in [5.74, 6) is 0.436. The lowest BCUT2D eigenvalue weighted by molar-refractivity contribution is 1.16. The molecule has 4 heteroatoms. The lowest BCUT2D eigenvalue weighted by Gasteiger charge is -2.08. The SMILES string of the molecule is Cc1[c]cccc1Nc1nc2ccccc2c(=O)[nH]1. The van der Waals surface area contributed by atoms with Crippen molar-refractivity contribution in [1.82, 2.24) is 9.97 Å². The molecule has 1 aromatic heterocycles. The van der Waals surface area contributed by atoms with Crippen molar-refractivity contribution in [2.75, 3.05) is 5.32 Å². The number of H-pyrrole nitrogens is 1. The van der Waals surface area contributed by atoms with Crippen molar-refractivity contribution < 1.29 is 0 Å². The number of hydrogen-bond donors (Lipinski definition) is 2. The van der Waals surface area contributed by atoms with Crippen LogP contribution in [0.1, 0.15) is 5.56 Å². The van der Waals surface area contributed by atoms with E-state index >= 15 is 0 Å². The number of aromatic nitrogens is 2. The van der Waals surface area contributed by atoms with Gasteiger partial charge in [0.25, 0.3) is 5.56 Å². The van der Waals surface area contributed by atoms with Crippen LogP contribution in [0.15, 0.2) is 47.3 Å². The van der Waals surface area contributed by atoms with Crippen LogP contribution in [0.2, 0.25) is 0 Å². The Morgan fingerprint density at radius 3 is 2.89 bits per heavy atom. The Morgan fingerprint density at radius 1 is 1.21 bits per heavy atom. The highest BCUT2D eigenvalue weighted by atomic mass is 16.1. The molecule has 0 saturated carbocycles. The fourth-order valence-electron chi connectivity index (χ4n) is 1.93. The first-order chi connectivity index (χ1) is 9.24. The molecule has 0 aliphatic carbocycles. The van der Waals surface area contributed by atoms with E-state index < -0.39 is 0 Å². The van der Waals surface area contributed by atoms with Gasteiger partial charge in [-0.3, -0.25) is 9.78 Å². The first-order valence-corrected chi connectivity index (χ1v) is 5.97. The lowest BCUT2D eigenvalue weighted by Crippen LogP contribution is -2.11. The quantitative estimate of drug-likeness (QED) is 0.735. The number of aromatic amines is 1. The number of anilines is 2. The molecule has 93 valence electrons. The Kier molecular flexibility index (Phi) is 2.76. The van der Waals surface area contributed by atoms with Crippen molar-refractivity contribution in [3.05, 3.63) is 64.4 Å². The zero-order valence-electron chi connectivity index (χ0n) is 10.4. The van der Waals surface area contributed by atoms with Gasteiger partial charge in [-0.15, -0.1) is 0 Å². The summed E-state index contributed by atoms with van der Waals surface area (Å²) in [6.07, 6.45) is 0. The molecular weight excluding hydrogens is 238 g/mol. The molecule has 2 aromatic carbocycles. The first-order valence-electron chi connectivity index (χ1n) is 5.97. The van der Waals surface area contributed by atoms with Gasteiger partial charge >= 0.3 is 0 Å². The minimum absolute atomic E-state index is 0.148. The van der Waals surface area contributed by atoms with Gasteiger partial charge in [0.1, 0.15) is 0 Å². The van der Waals surface area contributed by atoms with Crippen LogP contribution >= 0.6 is 0 Å². The second-order valence-corrected chi connectivity index (χ2v) is 4.27. The Balaban J connectivity index is 2.07. The highest BCUT2D eigenvalue weighted by Gasteiger charge is 2.04. The highest BCUT2D eigenvalue weighted by molar-refractivity contribution is 5.78. The molecule has 0 amide bonds.